The number of aliphatic hydroxyl groups excluding tert-OH is 1. The molecule has 0 radical (unpaired) electrons. The number of aromatic amines is 1. The lowest BCUT2D eigenvalue weighted by molar-refractivity contribution is 0.0882. The number of rotatable bonds is 4. The third-order valence-corrected chi connectivity index (χ3v) is 4.46. The van der Waals surface area contributed by atoms with Crippen LogP contribution in [0.15, 0.2) is 30.5 Å². The zero-order chi connectivity index (χ0) is 14.0. The summed E-state index contributed by atoms with van der Waals surface area (Å²) in [7, 11) is 0. The molecule has 1 aliphatic rings. The van der Waals surface area contributed by atoms with Crippen molar-refractivity contribution < 1.29 is 9.90 Å². The number of fused-ring (bicyclic) bond motifs is 1. The maximum atomic E-state index is 12.3. The predicted molar refractivity (Wildman–Crippen MR) is 78.6 cm³/mol. The molecule has 1 fully saturated rings. The molecule has 0 saturated heterocycles. The van der Waals surface area contributed by atoms with Gasteiger partial charge in [-0.25, -0.2) is 0 Å². The van der Waals surface area contributed by atoms with Gasteiger partial charge in [-0.1, -0.05) is 31.0 Å². The van der Waals surface area contributed by atoms with Crippen LogP contribution in [0, 0.1) is 5.41 Å². The van der Waals surface area contributed by atoms with E-state index in [0.717, 1.165) is 36.6 Å². The number of carbonyl (C=O) groups is 1. The van der Waals surface area contributed by atoms with Crippen LogP contribution in [0.2, 0.25) is 0 Å². The fourth-order valence-electron chi connectivity index (χ4n) is 3.14. The molecule has 1 amide bonds. The first-order valence-electron chi connectivity index (χ1n) is 7.19. The Morgan fingerprint density at radius 2 is 2.05 bits per heavy atom. The molecule has 1 aromatic carbocycles. The second-order valence-corrected chi connectivity index (χ2v) is 5.80. The van der Waals surface area contributed by atoms with Gasteiger partial charge in [0.25, 0.3) is 5.91 Å². The lowest BCUT2D eigenvalue weighted by atomic mass is 9.87. The number of amides is 1. The maximum absolute atomic E-state index is 12.3. The van der Waals surface area contributed by atoms with Crippen molar-refractivity contribution >= 4 is 16.8 Å². The minimum Gasteiger partial charge on any atom is -0.396 e. The molecule has 3 N–H and O–H groups in total. The number of benzene rings is 1. The van der Waals surface area contributed by atoms with Gasteiger partial charge in [0.05, 0.1) is 12.2 Å². The highest BCUT2D eigenvalue weighted by molar-refractivity contribution is 6.06. The first-order valence-corrected chi connectivity index (χ1v) is 7.19. The Labute approximate surface area is 118 Å². The molecule has 0 unspecified atom stereocenters. The molecular weight excluding hydrogens is 252 g/mol. The quantitative estimate of drug-likeness (QED) is 0.800. The third kappa shape index (κ3) is 2.31. The van der Waals surface area contributed by atoms with Gasteiger partial charge in [0.15, 0.2) is 0 Å². The van der Waals surface area contributed by atoms with Crippen molar-refractivity contribution in [2.24, 2.45) is 5.41 Å². The summed E-state index contributed by atoms with van der Waals surface area (Å²) in [6.45, 7) is 0.711. The monoisotopic (exact) mass is 272 g/mol. The molecule has 4 heteroatoms. The van der Waals surface area contributed by atoms with E-state index in [1.807, 2.05) is 24.3 Å². The van der Waals surface area contributed by atoms with Crippen LogP contribution >= 0.6 is 0 Å². The zero-order valence-corrected chi connectivity index (χ0v) is 11.5. The first kappa shape index (κ1) is 13.2. The fraction of sp³-hybridized carbons (Fsp3) is 0.438. The van der Waals surface area contributed by atoms with Crippen LogP contribution in [0.3, 0.4) is 0 Å². The van der Waals surface area contributed by atoms with E-state index in [1.165, 1.54) is 0 Å². The van der Waals surface area contributed by atoms with Crippen molar-refractivity contribution in [1.82, 2.24) is 10.3 Å². The van der Waals surface area contributed by atoms with E-state index < -0.39 is 0 Å². The Bertz CT molecular complexity index is 612. The van der Waals surface area contributed by atoms with E-state index in [-0.39, 0.29) is 17.9 Å². The molecule has 2 aromatic rings. The second kappa shape index (κ2) is 5.29. The average Bonchev–Trinajstić information content (AvgIpc) is 3.12. The molecule has 1 aromatic heterocycles. The smallest absolute Gasteiger partial charge is 0.253 e. The molecule has 1 heterocycles. The molecule has 1 saturated carbocycles. The predicted octanol–water partition coefficient (Wildman–Crippen LogP) is 2.45. The first-order chi connectivity index (χ1) is 9.74. The number of aromatic nitrogens is 1. The lowest BCUT2D eigenvalue weighted by Crippen LogP contribution is -2.38. The van der Waals surface area contributed by atoms with E-state index in [1.54, 1.807) is 6.20 Å². The standard InChI is InChI=1S/C16H20N2O2/c19-11-16(7-3-4-8-16)10-18-15(20)13-9-17-14-6-2-1-5-12(13)14/h1-2,5-6,9,17,19H,3-4,7-8,10-11H2,(H,18,20). The largest absolute Gasteiger partial charge is 0.396 e. The third-order valence-electron chi connectivity index (χ3n) is 4.46. The number of hydrogen-bond donors (Lipinski definition) is 3. The summed E-state index contributed by atoms with van der Waals surface area (Å²) >= 11 is 0. The van der Waals surface area contributed by atoms with Crippen LogP contribution in [-0.4, -0.2) is 29.1 Å². The van der Waals surface area contributed by atoms with Gasteiger partial charge in [-0.05, 0) is 18.9 Å². The lowest BCUT2D eigenvalue weighted by Gasteiger charge is -2.26. The Morgan fingerprint density at radius 1 is 1.30 bits per heavy atom. The van der Waals surface area contributed by atoms with Crippen LogP contribution in [0.25, 0.3) is 10.9 Å². The second-order valence-electron chi connectivity index (χ2n) is 5.80. The minimum absolute atomic E-state index is 0.0674. The van der Waals surface area contributed by atoms with Crippen LogP contribution in [0.1, 0.15) is 36.0 Å². The van der Waals surface area contributed by atoms with Gasteiger partial charge in [0, 0.05) is 29.1 Å². The highest BCUT2D eigenvalue weighted by Gasteiger charge is 2.33. The molecule has 3 rings (SSSR count). The summed E-state index contributed by atoms with van der Waals surface area (Å²) in [6, 6.07) is 7.77. The number of aliphatic hydroxyl groups is 1. The van der Waals surface area contributed by atoms with Gasteiger partial charge >= 0.3 is 0 Å². The van der Waals surface area contributed by atoms with Crippen molar-refractivity contribution in [2.75, 3.05) is 13.2 Å². The molecule has 0 spiro atoms. The van der Waals surface area contributed by atoms with E-state index in [9.17, 15) is 9.90 Å². The highest BCUT2D eigenvalue weighted by atomic mass is 16.3. The molecule has 4 nitrogen and oxygen atoms in total. The van der Waals surface area contributed by atoms with Crippen molar-refractivity contribution in [3.63, 3.8) is 0 Å². The fourth-order valence-corrected chi connectivity index (χ4v) is 3.14. The van der Waals surface area contributed by atoms with Gasteiger partial charge in [-0.15, -0.1) is 0 Å². The number of nitrogens with one attached hydrogen (secondary N) is 2. The van der Waals surface area contributed by atoms with Gasteiger partial charge in [0.2, 0.25) is 0 Å². The van der Waals surface area contributed by atoms with Crippen LogP contribution < -0.4 is 5.32 Å². The van der Waals surface area contributed by atoms with Crippen molar-refractivity contribution in [3.8, 4) is 0 Å². The summed E-state index contributed by atoms with van der Waals surface area (Å²) in [5.74, 6) is -0.0674. The molecular formula is C16H20N2O2. The Kier molecular flexibility index (Phi) is 3.49. The summed E-state index contributed by atoms with van der Waals surface area (Å²) in [4.78, 5) is 15.4. The summed E-state index contributed by atoms with van der Waals surface area (Å²) in [6.07, 6.45) is 6.03. The summed E-state index contributed by atoms with van der Waals surface area (Å²) in [5.41, 5.74) is 1.53. The number of H-pyrrole nitrogens is 1. The van der Waals surface area contributed by atoms with Gasteiger partial charge < -0.3 is 15.4 Å². The van der Waals surface area contributed by atoms with Crippen molar-refractivity contribution in [3.05, 3.63) is 36.0 Å². The van der Waals surface area contributed by atoms with Crippen LogP contribution in [0.5, 0.6) is 0 Å². The Hall–Kier alpha value is -1.81. The van der Waals surface area contributed by atoms with Crippen molar-refractivity contribution in [2.45, 2.75) is 25.7 Å². The Morgan fingerprint density at radius 3 is 2.80 bits per heavy atom. The average molecular weight is 272 g/mol. The summed E-state index contributed by atoms with van der Waals surface area (Å²) in [5, 5.41) is 13.5. The molecule has 0 aliphatic heterocycles. The molecule has 0 atom stereocenters. The maximum Gasteiger partial charge on any atom is 0.253 e. The normalized spacial score (nSPS) is 17.4. The number of para-hydroxylation sites is 1. The van der Waals surface area contributed by atoms with E-state index in [0.29, 0.717) is 12.1 Å². The van der Waals surface area contributed by atoms with Gasteiger partial charge in [-0.2, -0.15) is 0 Å². The van der Waals surface area contributed by atoms with E-state index in [2.05, 4.69) is 10.3 Å². The van der Waals surface area contributed by atoms with Crippen LogP contribution in [-0.2, 0) is 0 Å². The van der Waals surface area contributed by atoms with Crippen LogP contribution in [0.4, 0.5) is 0 Å². The number of hydrogen-bond acceptors (Lipinski definition) is 2. The van der Waals surface area contributed by atoms with Gasteiger partial charge in [0.1, 0.15) is 0 Å². The molecule has 106 valence electrons. The molecule has 0 bridgehead atoms. The van der Waals surface area contributed by atoms with E-state index in [4.69, 9.17) is 0 Å². The highest BCUT2D eigenvalue weighted by Crippen LogP contribution is 2.37. The minimum atomic E-state index is -0.109. The van der Waals surface area contributed by atoms with Gasteiger partial charge in [-0.3, -0.25) is 4.79 Å². The van der Waals surface area contributed by atoms with Crippen molar-refractivity contribution in [1.29, 1.82) is 0 Å². The summed E-state index contributed by atoms with van der Waals surface area (Å²) < 4.78 is 0. The molecule has 20 heavy (non-hydrogen) atoms. The van der Waals surface area contributed by atoms with E-state index >= 15 is 0 Å². The Balaban J connectivity index is 1.73. The topological polar surface area (TPSA) is 65.1 Å². The SMILES string of the molecule is O=C(NCC1(CO)CCCC1)c1c[nH]c2ccccc12. The zero-order valence-electron chi connectivity index (χ0n) is 11.5. The number of carbonyl (C=O) groups excluding carboxylic acids is 1. The molecule has 1 aliphatic carbocycles.